The molecule has 0 fully saturated rings. The van der Waals surface area contributed by atoms with Gasteiger partial charge in [-0.15, -0.1) is 16.4 Å². The van der Waals surface area contributed by atoms with E-state index in [9.17, 15) is 0 Å². The zero-order valence-electron chi connectivity index (χ0n) is 10.9. The van der Waals surface area contributed by atoms with Crippen LogP contribution in [0.2, 0.25) is 0 Å². The van der Waals surface area contributed by atoms with Gasteiger partial charge in [-0.25, -0.2) is 9.67 Å². The molecule has 6 heteroatoms. The van der Waals surface area contributed by atoms with E-state index >= 15 is 0 Å². The third kappa shape index (κ3) is 3.61. The lowest BCUT2D eigenvalue weighted by Crippen LogP contribution is -2.11. The Morgan fingerprint density at radius 3 is 3.00 bits per heavy atom. The van der Waals surface area contributed by atoms with Crippen LogP contribution in [0.15, 0.2) is 11.6 Å². The van der Waals surface area contributed by atoms with E-state index in [1.807, 2.05) is 10.9 Å². The summed E-state index contributed by atoms with van der Waals surface area (Å²) in [6.07, 6.45) is 4.18. The number of aromatic nitrogens is 4. The van der Waals surface area contributed by atoms with Crippen LogP contribution in [0.25, 0.3) is 0 Å². The van der Waals surface area contributed by atoms with Gasteiger partial charge in [0.2, 0.25) is 0 Å². The van der Waals surface area contributed by atoms with E-state index in [1.165, 1.54) is 5.01 Å². The van der Waals surface area contributed by atoms with Crippen LogP contribution in [0.5, 0.6) is 0 Å². The minimum Gasteiger partial charge on any atom is -0.311 e. The summed E-state index contributed by atoms with van der Waals surface area (Å²) in [7, 11) is 0. The van der Waals surface area contributed by atoms with Gasteiger partial charge in [0.15, 0.2) is 0 Å². The summed E-state index contributed by atoms with van der Waals surface area (Å²) in [6, 6.07) is 0. The van der Waals surface area contributed by atoms with Gasteiger partial charge < -0.3 is 5.32 Å². The van der Waals surface area contributed by atoms with Crippen molar-refractivity contribution in [3.05, 3.63) is 28.0 Å². The topological polar surface area (TPSA) is 55.6 Å². The molecule has 1 N–H and O–H groups in total. The third-order valence-corrected chi connectivity index (χ3v) is 3.49. The molecule has 0 radical (unpaired) electrons. The fourth-order valence-corrected chi connectivity index (χ4v) is 2.56. The Hall–Kier alpha value is -1.27. The lowest BCUT2D eigenvalue weighted by molar-refractivity contribution is 0.638. The first-order valence-corrected chi connectivity index (χ1v) is 7.22. The monoisotopic (exact) mass is 265 g/mol. The van der Waals surface area contributed by atoms with E-state index in [0.29, 0.717) is 6.54 Å². The molecule has 5 nitrogen and oxygen atoms in total. The number of hydrogen-bond donors (Lipinski definition) is 1. The zero-order chi connectivity index (χ0) is 12.8. The first-order chi connectivity index (χ1) is 8.81. The molecule has 0 amide bonds. The Balaban J connectivity index is 1.93. The van der Waals surface area contributed by atoms with E-state index in [2.05, 4.69) is 39.8 Å². The molecule has 2 rings (SSSR count). The van der Waals surface area contributed by atoms with Crippen molar-refractivity contribution in [2.75, 3.05) is 6.54 Å². The molecular weight excluding hydrogens is 246 g/mol. The molecule has 0 bridgehead atoms. The van der Waals surface area contributed by atoms with E-state index < -0.39 is 0 Å². The highest BCUT2D eigenvalue weighted by Crippen LogP contribution is 2.12. The van der Waals surface area contributed by atoms with Crippen LogP contribution in [-0.2, 0) is 19.5 Å². The van der Waals surface area contributed by atoms with Gasteiger partial charge in [0.05, 0.1) is 29.1 Å². The van der Waals surface area contributed by atoms with Crippen molar-refractivity contribution in [3.63, 3.8) is 0 Å². The molecule has 98 valence electrons. The normalized spacial score (nSPS) is 11.0. The Morgan fingerprint density at radius 1 is 1.33 bits per heavy atom. The number of nitrogens with zero attached hydrogens (tertiary/aromatic N) is 4. The van der Waals surface area contributed by atoms with E-state index in [-0.39, 0.29) is 0 Å². The van der Waals surface area contributed by atoms with Gasteiger partial charge in [0, 0.05) is 11.9 Å². The molecule has 0 aliphatic carbocycles. The van der Waals surface area contributed by atoms with E-state index in [0.717, 1.165) is 37.3 Å². The highest BCUT2D eigenvalue weighted by atomic mass is 32.1. The van der Waals surface area contributed by atoms with Crippen molar-refractivity contribution in [2.24, 2.45) is 0 Å². The standard InChI is InChI=1S/C12H19N5S/c1-3-5-12-14-11(9-18-12)8-17-7-10(15-16-17)6-13-4-2/h7,9,13H,3-6,8H2,1-2H3. The van der Waals surface area contributed by atoms with Gasteiger partial charge in [-0.3, -0.25) is 0 Å². The van der Waals surface area contributed by atoms with E-state index in [4.69, 9.17) is 0 Å². The minimum absolute atomic E-state index is 0.708. The highest BCUT2D eigenvalue weighted by molar-refractivity contribution is 7.09. The van der Waals surface area contributed by atoms with Crippen molar-refractivity contribution in [3.8, 4) is 0 Å². The SMILES string of the molecule is CCCc1nc(Cn2cc(CNCC)nn2)cs1. The summed E-state index contributed by atoms with van der Waals surface area (Å²) >= 11 is 1.73. The zero-order valence-corrected chi connectivity index (χ0v) is 11.7. The summed E-state index contributed by atoms with van der Waals surface area (Å²) in [5.41, 5.74) is 2.05. The second-order valence-corrected chi connectivity index (χ2v) is 5.11. The Kier molecular flexibility index (Phi) is 4.83. The molecule has 0 aromatic carbocycles. The Labute approximate surface area is 111 Å². The molecular formula is C12H19N5S. The van der Waals surface area contributed by atoms with Crippen molar-refractivity contribution >= 4 is 11.3 Å². The van der Waals surface area contributed by atoms with Crippen LogP contribution in [0, 0.1) is 0 Å². The number of aryl methyl sites for hydroxylation is 1. The number of hydrogen-bond acceptors (Lipinski definition) is 5. The van der Waals surface area contributed by atoms with Gasteiger partial charge in [0.1, 0.15) is 0 Å². The van der Waals surface area contributed by atoms with Crippen LogP contribution in [0.4, 0.5) is 0 Å². The summed E-state index contributed by atoms with van der Waals surface area (Å²) in [6.45, 7) is 6.67. The average molecular weight is 265 g/mol. The lowest BCUT2D eigenvalue weighted by Gasteiger charge is -1.96. The van der Waals surface area contributed by atoms with Crippen LogP contribution in [0.3, 0.4) is 0 Å². The summed E-state index contributed by atoms with van der Waals surface area (Å²) in [4.78, 5) is 4.58. The maximum absolute atomic E-state index is 4.58. The van der Waals surface area contributed by atoms with Crippen molar-refractivity contribution in [1.29, 1.82) is 0 Å². The fourth-order valence-electron chi connectivity index (χ4n) is 1.67. The fraction of sp³-hybridized carbons (Fsp3) is 0.583. The van der Waals surface area contributed by atoms with Gasteiger partial charge in [-0.05, 0) is 19.4 Å². The minimum atomic E-state index is 0.708. The van der Waals surface area contributed by atoms with Crippen molar-refractivity contribution < 1.29 is 0 Å². The van der Waals surface area contributed by atoms with Gasteiger partial charge in [-0.1, -0.05) is 19.1 Å². The predicted molar refractivity (Wildman–Crippen MR) is 72.6 cm³/mol. The number of nitrogens with one attached hydrogen (secondary N) is 1. The van der Waals surface area contributed by atoms with Gasteiger partial charge >= 0.3 is 0 Å². The van der Waals surface area contributed by atoms with Gasteiger partial charge in [0.25, 0.3) is 0 Å². The summed E-state index contributed by atoms with van der Waals surface area (Å²) in [5.74, 6) is 0. The van der Waals surface area contributed by atoms with Crippen LogP contribution in [0.1, 0.15) is 36.7 Å². The molecule has 2 heterocycles. The average Bonchev–Trinajstić information content (AvgIpc) is 2.98. The molecule has 0 saturated carbocycles. The maximum Gasteiger partial charge on any atom is 0.0964 e. The van der Waals surface area contributed by atoms with Crippen molar-refractivity contribution in [2.45, 2.75) is 39.8 Å². The smallest absolute Gasteiger partial charge is 0.0964 e. The summed E-state index contributed by atoms with van der Waals surface area (Å²) < 4.78 is 1.84. The molecule has 0 atom stereocenters. The molecule has 0 aliphatic heterocycles. The molecule has 2 aromatic rings. The lowest BCUT2D eigenvalue weighted by atomic mass is 10.3. The van der Waals surface area contributed by atoms with Gasteiger partial charge in [-0.2, -0.15) is 0 Å². The second kappa shape index (κ2) is 6.61. The summed E-state index contributed by atoms with van der Waals surface area (Å²) in [5, 5.41) is 14.8. The first kappa shape index (κ1) is 13.2. The Morgan fingerprint density at radius 2 is 2.22 bits per heavy atom. The molecule has 0 aliphatic rings. The molecule has 0 unspecified atom stereocenters. The predicted octanol–water partition coefficient (Wildman–Crippen LogP) is 1.84. The molecule has 18 heavy (non-hydrogen) atoms. The highest BCUT2D eigenvalue weighted by Gasteiger charge is 2.04. The van der Waals surface area contributed by atoms with Crippen LogP contribution in [-0.4, -0.2) is 26.5 Å². The molecule has 0 saturated heterocycles. The Bertz CT molecular complexity index is 476. The number of rotatable bonds is 7. The third-order valence-electron chi connectivity index (χ3n) is 2.53. The van der Waals surface area contributed by atoms with Crippen LogP contribution >= 0.6 is 11.3 Å². The second-order valence-electron chi connectivity index (χ2n) is 4.17. The largest absolute Gasteiger partial charge is 0.311 e. The molecule has 0 spiro atoms. The quantitative estimate of drug-likeness (QED) is 0.830. The maximum atomic E-state index is 4.58. The number of thiazole rings is 1. The van der Waals surface area contributed by atoms with Crippen LogP contribution < -0.4 is 5.32 Å². The van der Waals surface area contributed by atoms with E-state index in [1.54, 1.807) is 11.3 Å². The van der Waals surface area contributed by atoms with Crippen molar-refractivity contribution in [1.82, 2.24) is 25.3 Å². The first-order valence-electron chi connectivity index (χ1n) is 6.34. The molecule has 2 aromatic heterocycles.